The molecule has 0 heterocycles. The molecule has 0 bridgehead atoms. The number of amidine groups is 1. The van der Waals surface area contributed by atoms with Gasteiger partial charge in [-0.25, -0.2) is 4.79 Å². The molecule has 128 valence electrons. The lowest BCUT2D eigenvalue weighted by atomic mass is 10.1. The average Bonchev–Trinajstić information content (AvgIpc) is 2.50. The van der Waals surface area contributed by atoms with Crippen LogP contribution in [0, 0.1) is 5.41 Å². The van der Waals surface area contributed by atoms with Gasteiger partial charge in [0.05, 0.1) is 6.61 Å². The third-order valence-electron chi connectivity index (χ3n) is 3.07. The fourth-order valence-electron chi connectivity index (χ4n) is 2.10. The highest BCUT2D eigenvalue weighted by atomic mass is 79.9. The number of rotatable bonds is 4. The third kappa shape index (κ3) is 5.23. The maximum absolute atomic E-state index is 11.8. The fourth-order valence-corrected chi connectivity index (χ4v) is 2.27. The number of benzene rings is 2. The van der Waals surface area contributed by atoms with Crippen molar-refractivity contribution in [1.29, 1.82) is 5.41 Å². The quantitative estimate of drug-likeness (QED) is 0.458. The van der Waals surface area contributed by atoms with Gasteiger partial charge >= 0.3 is 6.09 Å². The Hall–Kier alpha value is -2.08. The molecule has 0 unspecified atom stereocenters. The van der Waals surface area contributed by atoms with Crippen molar-refractivity contribution in [3.05, 3.63) is 42.0 Å². The lowest BCUT2D eigenvalue weighted by Crippen LogP contribution is -2.36. The number of hydrogen-bond acceptors (Lipinski definition) is 4. The largest absolute Gasteiger partial charge is 0.493 e. The van der Waals surface area contributed by atoms with E-state index in [2.05, 4.69) is 21.2 Å². The predicted octanol–water partition coefficient (Wildman–Crippen LogP) is 4.46. The lowest BCUT2D eigenvalue weighted by Gasteiger charge is -2.19. The minimum absolute atomic E-state index is 0.00534. The van der Waals surface area contributed by atoms with E-state index in [0.29, 0.717) is 12.2 Å². The Morgan fingerprint density at radius 3 is 2.50 bits per heavy atom. The highest BCUT2D eigenvalue weighted by Gasteiger charge is 2.17. The first-order chi connectivity index (χ1) is 11.3. The Labute approximate surface area is 150 Å². The van der Waals surface area contributed by atoms with Gasteiger partial charge in [0.15, 0.2) is 0 Å². The van der Waals surface area contributed by atoms with Crippen LogP contribution < -0.4 is 10.1 Å². The fraction of sp³-hybridized carbons (Fsp3) is 0.333. The Kier molecular flexibility index (Phi) is 5.83. The number of alkyl halides is 1. The van der Waals surface area contributed by atoms with E-state index in [0.717, 1.165) is 21.9 Å². The van der Waals surface area contributed by atoms with Crippen LogP contribution in [0.1, 0.15) is 26.3 Å². The van der Waals surface area contributed by atoms with Gasteiger partial charge in [-0.05, 0) is 49.7 Å². The normalized spacial score (nSPS) is 11.2. The molecule has 2 aromatic rings. The highest BCUT2D eigenvalue weighted by molar-refractivity contribution is 9.09. The van der Waals surface area contributed by atoms with Gasteiger partial charge in [0.25, 0.3) is 0 Å². The topological polar surface area (TPSA) is 71.4 Å². The van der Waals surface area contributed by atoms with Crippen LogP contribution in [-0.2, 0) is 4.74 Å². The molecule has 0 saturated heterocycles. The van der Waals surface area contributed by atoms with Crippen molar-refractivity contribution in [1.82, 2.24) is 5.32 Å². The van der Waals surface area contributed by atoms with Gasteiger partial charge in [0, 0.05) is 10.9 Å². The van der Waals surface area contributed by atoms with E-state index < -0.39 is 11.7 Å². The molecule has 2 aromatic carbocycles. The van der Waals surface area contributed by atoms with E-state index in [-0.39, 0.29) is 5.84 Å². The van der Waals surface area contributed by atoms with Crippen molar-refractivity contribution < 1.29 is 14.3 Å². The van der Waals surface area contributed by atoms with Crippen LogP contribution in [0.3, 0.4) is 0 Å². The molecule has 5 nitrogen and oxygen atoms in total. The second-order valence-electron chi connectivity index (χ2n) is 6.26. The van der Waals surface area contributed by atoms with Gasteiger partial charge in [0.1, 0.15) is 17.2 Å². The van der Waals surface area contributed by atoms with Crippen molar-refractivity contribution in [3.63, 3.8) is 0 Å². The Morgan fingerprint density at radius 2 is 1.83 bits per heavy atom. The van der Waals surface area contributed by atoms with Gasteiger partial charge in [0.2, 0.25) is 0 Å². The van der Waals surface area contributed by atoms with Crippen LogP contribution in [0.4, 0.5) is 4.79 Å². The molecular weight excluding hydrogens is 372 g/mol. The first-order valence-electron chi connectivity index (χ1n) is 7.60. The van der Waals surface area contributed by atoms with E-state index in [1.54, 1.807) is 26.8 Å². The maximum Gasteiger partial charge on any atom is 0.413 e. The molecule has 0 aliphatic rings. The molecule has 0 fully saturated rings. The van der Waals surface area contributed by atoms with Crippen LogP contribution in [0.25, 0.3) is 10.8 Å². The number of ether oxygens (including phenoxy) is 2. The van der Waals surface area contributed by atoms with Gasteiger partial charge in [-0.3, -0.25) is 10.7 Å². The van der Waals surface area contributed by atoms with Gasteiger partial charge < -0.3 is 9.47 Å². The summed E-state index contributed by atoms with van der Waals surface area (Å²) in [4.78, 5) is 11.8. The number of hydrogen-bond donors (Lipinski definition) is 2. The average molecular weight is 393 g/mol. The number of carbonyl (C=O) groups excluding carboxylic acids is 1. The van der Waals surface area contributed by atoms with Gasteiger partial charge in [-0.2, -0.15) is 0 Å². The summed E-state index contributed by atoms with van der Waals surface area (Å²) in [6, 6.07) is 11.3. The summed E-state index contributed by atoms with van der Waals surface area (Å²) >= 11 is 3.33. The van der Waals surface area contributed by atoms with Gasteiger partial charge in [-0.1, -0.05) is 34.1 Å². The maximum atomic E-state index is 11.8. The Morgan fingerprint density at radius 1 is 1.17 bits per heavy atom. The second kappa shape index (κ2) is 7.66. The van der Waals surface area contributed by atoms with E-state index in [1.807, 2.05) is 30.3 Å². The smallest absolute Gasteiger partial charge is 0.413 e. The van der Waals surface area contributed by atoms with Crippen molar-refractivity contribution in [2.24, 2.45) is 0 Å². The molecule has 1 amide bonds. The first-order valence-corrected chi connectivity index (χ1v) is 8.72. The summed E-state index contributed by atoms with van der Waals surface area (Å²) in [5.41, 5.74) is 0.0155. The molecular formula is C18H21BrN2O3. The molecule has 0 atom stereocenters. The van der Waals surface area contributed by atoms with Crippen LogP contribution in [0.5, 0.6) is 5.75 Å². The van der Waals surface area contributed by atoms with Crippen molar-refractivity contribution in [2.45, 2.75) is 26.4 Å². The predicted molar refractivity (Wildman–Crippen MR) is 99.4 cm³/mol. The molecule has 2 N–H and O–H groups in total. The van der Waals surface area contributed by atoms with Crippen LogP contribution in [-0.4, -0.2) is 29.5 Å². The van der Waals surface area contributed by atoms with Crippen LogP contribution in [0.2, 0.25) is 0 Å². The number of fused-ring (bicyclic) bond motifs is 1. The molecule has 6 heteroatoms. The van der Waals surface area contributed by atoms with Crippen molar-refractivity contribution in [2.75, 3.05) is 11.9 Å². The number of alkyl carbamates (subject to hydrolysis) is 1. The molecule has 0 aliphatic carbocycles. The molecule has 0 saturated carbocycles. The standard InChI is InChI=1S/C18H21BrN2O3/c1-18(2,3)24-17(22)21-16(20)14-5-4-13-11-15(23-9-8-19)7-6-12(13)10-14/h4-7,10-11H,8-9H2,1-3H3,(H2,20,21,22). The summed E-state index contributed by atoms with van der Waals surface area (Å²) < 4.78 is 10.7. The zero-order valence-electron chi connectivity index (χ0n) is 14.0. The number of nitrogens with one attached hydrogen (secondary N) is 2. The molecule has 0 spiro atoms. The Bertz CT molecular complexity index is 754. The minimum atomic E-state index is -0.633. The summed E-state index contributed by atoms with van der Waals surface area (Å²) in [5.74, 6) is 0.808. The van der Waals surface area contributed by atoms with Crippen molar-refractivity contribution >= 4 is 38.6 Å². The molecule has 0 aliphatic heterocycles. The summed E-state index contributed by atoms with van der Waals surface area (Å²) in [7, 11) is 0. The van der Waals surface area contributed by atoms with Crippen LogP contribution in [0.15, 0.2) is 36.4 Å². The Balaban J connectivity index is 2.12. The van der Waals surface area contributed by atoms with Crippen molar-refractivity contribution in [3.8, 4) is 5.75 Å². The zero-order chi connectivity index (χ0) is 17.7. The number of halogens is 1. The first kappa shape index (κ1) is 18.3. The second-order valence-corrected chi connectivity index (χ2v) is 7.06. The number of carbonyl (C=O) groups is 1. The molecule has 2 rings (SSSR count). The van der Waals surface area contributed by atoms with Crippen LogP contribution >= 0.6 is 15.9 Å². The lowest BCUT2D eigenvalue weighted by molar-refractivity contribution is 0.0563. The molecule has 0 radical (unpaired) electrons. The zero-order valence-corrected chi connectivity index (χ0v) is 15.6. The minimum Gasteiger partial charge on any atom is -0.493 e. The third-order valence-corrected chi connectivity index (χ3v) is 3.40. The van der Waals surface area contributed by atoms with E-state index in [1.165, 1.54) is 0 Å². The van der Waals surface area contributed by atoms with E-state index in [4.69, 9.17) is 14.9 Å². The highest BCUT2D eigenvalue weighted by Crippen LogP contribution is 2.22. The summed E-state index contributed by atoms with van der Waals surface area (Å²) in [6.45, 7) is 5.94. The molecule has 24 heavy (non-hydrogen) atoms. The monoisotopic (exact) mass is 392 g/mol. The SMILES string of the molecule is CC(C)(C)OC(=O)NC(=N)c1ccc2cc(OCCBr)ccc2c1. The van der Waals surface area contributed by atoms with E-state index >= 15 is 0 Å². The summed E-state index contributed by atoms with van der Waals surface area (Å²) in [6.07, 6.45) is -0.633. The van der Waals surface area contributed by atoms with Gasteiger partial charge in [-0.15, -0.1) is 0 Å². The summed E-state index contributed by atoms with van der Waals surface area (Å²) in [5, 5.41) is 13.2. The van der Waals surface area contributed by atoms with E-state index in [9.17, 15) is 4.79 Å². The number of amides is 1. The molecule has 0 aromatic heterocycles.